The van der Waals surface area contributed by atoms with Crippen LogP contribution in [0.4, 0.5) is 0 Å². The molecule has 3 aromatic rings. The second-order valence-electron chi connectivity index (χ2n) is 4.94. The van der Waals surface area contributed by atoms with E-state index in [0.717, 1.165) is 0 Å². The monoisotopic (exact) mass is 362 g/mol. The predicted octanol–water partition coefficient (Wildman–Crippen LogP) is 4.92. The smallest absolute Gasteiger partial charge is 0.307 e. The van der Waals surface area contributed by atoms with Crippen molar-refractivity contribution in [2.75, 3.05) is 0 Å². The Balaban J connectivity index is 1.70. The van der Waals surface area contributed by atoms with E-state index in [-0.39, 0.29) is 5.76 Å². The molecule has 0 fully saturated rings. The SMILES string of the molecule is Cc1ccc(C(=O)N/N=C\c2ccc(-c3cc(Cl)ccc3Cl)o2)o1. The maximum Gasteiger partial charge on any atom is 0.307 e. The minimum absolute atomic E-state index is 0.190. The summed E-state index contributed by atoms with van der Waals surface area (Å²) in [5, 5.41) is 4.92. The van der Waals surface area contributed by atoms with Gasteiger partial charge in [-0.3, -0.25) is 4.79 Å². The van der Waals surface area contributed by atoms with Gasteiger partial charge in [0.25, 0.3) is 0 Å². The maximum absolute atomic E-state index is 11.8. The van der Waals surface area contributed by atoms with Crippen LogP contribution < -0.4 is 5.43 Å². The number of nitrogens with one attached hydrogen (secondary N) is 1. The van der Waals surface area contributed by atoms with Gasteiger partial charge in [-0.05, 0) is 49.4 Å². The van der Waals surface area contributed by atoms with Crippen molar-refractivity contribution in [1.29, 1.82) is 0 Å². The molecule has 0 aliphatic rings. The second kappa shape index (κ2) is 6.95. The molecule has 1 aromatic carbocycles. The molecule has 0 spiro atoms. The van der Waals surface area contributed by atoms with Gasteiger partial charge in [0.05, 0.1) is 11.2 Å². The van der Waals surface area contributed by atoms with Crippen molar-refractivity contribution >= 4 is 35.3 Å². The Hall–Kier alpha value is -2.50. The first-order chi connectivity index (χ1) is 11.5. The molecule has 0 radical (unpaired) electrons. The molecule has 5 nitrogen and oxygen atoms in total. The highest BCUT2D eigenvalue weighted by Gasteiger charge is 2.10. The molecule has 0 aliphatic heterocycles. The van der Waals surface area contributed by atoms with Crippen LogP contribution in [0.5, 0.6) is 0 Å². The molecule has 1 N–H and O–H groups in total. The van der Waals surface area contributed by atoms with Gasteiger partial charge in [0.1, 0.15) is 17.3 Å². The fourth-order valence-electron chi connectivity index (χ4n) is 2.02. The van der Waals surface area contributed by atoms with Crippen LogP contribution in [-0.2, 0) is 0 Å². The summed E-state index contributed by atoms with van der Waals surface area (Å²) in [6, 6.07) is 11.8. The molecular formula is C17H12Cl2N2O3. The molecule has 24 heavy (non-hydrogen) atoms. The van der Waals surface area contributed by atoms with E-state index in [1.54, 1.807) is 49.4 Å². The lowest BCUT2D eigenvalue weighted by Crippen LogP contribution is -2.16. The number of amides is 1. The van der Waals surface area contributed by atoms with Crippen LogP contribution in [0, 0.1) is 6.92 Å². The Bertz CT molecular complexity index is 912. The Morgan fingerprint density at radius 3 is 2.71 bits per heavy atom. The summed E-state index contributed by atoms with van der Waals surface area (Å²) in [6.45, 7) is 1.76. The Morgan fingerprint density at radius 1 is 1.12 bits per heavy atom. The number of halogens is 2. The topological polar surface area (TPSA) is 67.7 Å². The number of nitrogens with zero attached hydrogens (tertiary/aromatic N) is 1. The fourth-order valence-corrected chi connectivity index (χ4v) is 2.40. The van der Waals surface area contributed by atoms with Crippen LogP contribution in [-0.4, -0.2) is 12.1 Å². The van der Waals surface area contributed by atoms with E-state index >= 15 is 0 Å². The number of hydrogen-bond acceptors (Lipinski definition) is 4. The molecule has 0 atom stereocenters. The molecule has 0 saturated heterocycles. The number of benzene rings is 1. The van der Waals surface area contributed by atoms with Gasteiger partial charge in [-0.15, -0.1) is 0 Å². The summed E-state index contributed by atoms with van der Waals surface area (Å²) in [4.78, 5) is 11.8. The van der Waals surface area contributed by atoms with Crippen molar-refractivity contribution in [2.24, 2.45) is 5.10 Å². The minimum atomic E-state index is -0.441. The van der Waals surface area contributed by atoms with Gasteiger partial charge in [-0.1, -0.05) is 23.2 Å². The van der Waals surface area contributed by atoms with Gasteiger partial charge in [0.15, 0.2) is 5.76 Å². The summed E-state index contributed by atoms with van der Waals surface area (Å²) in [5.41, 5.74) is 3.04. The molecular weight excluding hydrogens is 351 g/mol. The largest absolute Gasteiger partial charge is 0.456 e. The molecule has 0 saturated carbocycles. The van der Waals surface area contributed by atoms with E-state index in [0.29, 0.717) is 32.9 Å². The minimum Gasteiger partial charge on any atom is -0.456 e. The molecule has 7 heteroatoms. The summed E-state index contributed by atoms with van der Waals surface area (Å²) in [6.07, 6.45) is 1.38. The zero-order chi connectivity index (χ0) is 17.1. The molecule has 2 heterocycles. The van der Waals surface area contributed by atoms with Crippen LogP contribution in [0.3, 0.4) is 0 Å². The van der Waals surface area contributed by atoms with Crippen molar-refractivity contribution in [1.82, 2.24) is 5.43 Å². The lowest BCUT2D eigenvalue weighted by molar-refractivity contribution is 0.0926. The van der Waals surface area contributed by atoms with E-state index < -0.39 is 5.91 Å². The summed E-state index contributed by atoms with van der Waals surface area (Å²) >= 11 is 12.1. The third kappa shape index (κ3) is 3.69. The van der Waals surface area contributed by atoms with E-state index in [4.69, 9.17) is 32.0 Å². The third-order valence-corrected chi connectivity index (χ3v) is 3.71. The number of rotatable bonds is 4. The molecule has 3 rings (SSSR count). The van der Waals surface area contributed by atoms with Crippen molar-refractivity contribution in [3.63, 3.8) is 0 Å². The van der Waals surface area contributed by atoms with E-state index in [2.05, 4.69) is 10.5 Å². The zero-order valence-corrected chi connectivity index (χ0v) is 14.1. The fraction of sp³-hybridized carbons (Fsp3) is 0.0588. The zero-order valence-electron chi connectivity index (χ0n) is 12.5. The first kappa shape index (κ1) is 16.4. The van der Waals surface area contributed by atoms with Gasteiger partial charge in [0, 0.05) is 10.6 Å². The van der Waals surface area contributed by atoms with Crippen molar-refractivity contribution in [3.8, 4) is 11.3 Å². The molecule has 0 unspecified atom stereocenters. The number of furan rings is 2. The first-order valence-corrected chi connectivity index (χ1v) is 7.73. The molecule has 1 amide bonds. The van der Waals surface area contributed by atoms with E-state index in [1.807, 2.05) is 0 Å². The predicted molar refractivity (Wildman–Crippen MR) is 92.7 cm³/mol. The highest BCUT2D eigenvalue weighted by Crippen LogP contribution is 2.31. The standard InChI is InChI=1S/C17H12Cl2N2O3/c1-10-2-6-16(23-10)17(22)21-20-9-12-4-7-15(24-12)13-8-11(18)3-5-14(13)19/h2-9H,1H3,(H,21,22)/b20-9-. The van der Waals surface area contributed by atoms with Crippen LogP contribution in [0.25, 0.3) is 11.3 Å². The number of carbonyl (C=O) groups excluding carboxylic acids is 1. The highest BCUT2D eigenvalue weighted by molar-refractivity contribution is 6.35. The van der Waals surface area contributed by atoms with Crippen LogP contribution >= 0.6 is 23.2 Å². The molecule has 0 aliphatic carbocycles. The first-order valence-electron chi connectivity index (χ1n) is 6.98. The Kier molecular flexibility index (Phi) is 4.74. The van der Waals surface area contributed by atoms with Crippen LogP contribution in [0.2, 0.25) is 10.0 Å². The van der Waals surface area contributed by atoms with Gasteiger partial charge in [-0.2, -0.15) is 5.10 Å². The summed E-state index contributed by atoms with van der Waals surface area (Å²) in [5.74, 6) is 1.41. The number of aryl methyl sites for hydroxylation is 1. The summed E-state index contributed by atoms with van der Waals surface area (Å²) < 4.78 is 10.8. The third-order valence-electron chi connectivity index (χ3n) is 3.14. The van der Waals surface area contributed by atoms with Gasteiger partial charge >= 0.3 is 5.91 Å². The normalized spacial score (nSPS) is 11.1. The second-order valence-corrected chi connectivity index (χ2v) is 5.78. The number of hydrogen-bond donors (Lipinski definition) is 1. The van der Waals surface area contributed by atoms with Crippen LogP contribution in [0.15, 0.2) is 56.4 Å². The lowest BCUT2D eigenvalue weighted by atomic mass is 10.2. The quantitative estimate of drug-likeness (QED) is 0.529. The Labute approximate surface area is 147 Å². The molecule has 122 valence electrons. The number of carbonyl (C=O) groups is 1. The molecule has 0 bridgehead atoms. The van der Waals surface area contributed by atoms with Crippen LogP contribution in [0.1, 0.15) is 22.1 Å². The molecule has 2 aromatic heterocycles. The van der Waals surface area contributed by atoms with Gasteiger partial charge < -0.3 is 8.83 Å². The van der Waals surface area contributed by atoms with E-state index in [9.17, 15) is 4.79 Å². The summed E-state index contributed by atoms with van der Waals surface area (Å²) in [7, 11) is 0. The highest BCUT2D eigenvalue weighted by atomic mass is 35.5. The Morgan fingerprint density at radius 2 is 1.96 bits per heavy atom. The van der Waals surface area contributed by atoms with Crippen molar-refractivity contribution in [2.45, 2.75) is 6.92 Å². The van der Waals surface area contributed by atoms with Crippen molar-refractivity contribution in [3.05, 3.63) is 69.8 Å². The van der Waals surface area contributed by atoms with Gasteiger partial charge in [0.2, 0.25) is 0 Å². The van der Waals surface area contributed by atoms with Crippen molar-refractivity contribution < 1.29 is 13.6 Å². The van der Waals surface area contributed by atoms with E-state index in [1.165, 1.54) is 6.21 Å². The average Bonchev–Trinajstić information content (AvgIpc) is 3.19. The maximum atomic E-state index is 11.8. The average molecular weight is 363 g/mol. The number of hydrazone groups is 1. The lowest BCUT2D eigenvalue weighted by Gasteiger charge is -2.01. The van der Waals surface area contributed by atoms with Gasteiger partial charge in [-0.25, -0.2) is 5.43 Å².